The zero-order valence-corrected chi connectivity index (χ0v) is 12.4. The minimum absolute atomic E-state index is 0.132. The van der Waals surface area contributed by atoms with Crippen molar-refractivity contribution in [1.82, 2.24) is 10.6 Å². The van der Waals surface area contributed by atoms with Gasteiger partial charge in [0.15, 0.2) is 0 Å². The van der Waals surface area contributed by atoms with Gasteiger partial charge in [-0.05, 0) is 31.7 Å². The van der Waals surface area contributed by atoms with Gasteiger partial charge in [0.05, 0.1) is 6.54 Å². The number of carbonyl (C=O) groups excluding carboxylic acids is 1. The number of hydrogen-bond acceptors (Lipinski definition) is 3. The molecule has 0 spiro atoms. The summed E-state index contributed by atoms with van der Waals surface area (Å²) in [6, 6.07) is 1.40. The van der Waals surface area contributed by atoms with Crippen molar-refractivity contribution in [2.24, 2.45) is 5.92 Å². The fraction of sp³-hybridized carbons (Fsp3) is 0.600. The van der Waals surface area contributed by atoms with Crippen molar-refractivity contribution in [2.75, 3.05) is 0 Å². The van der Waals surface area contributed by atoms with Gasteiger partial charge in [-0.1, -0.05) is 19.8 Å². The predicted molar refractivity (Wildman–Crippen MR) is 77.2 cm³/mol. The van der Waals surface area contributed by atoms with E-state index in [9.17, 15) is 9.59 Å². The van der Waals surface area contributed by atoms with Crippen molar-refractivity contribution in [3.05, 3.63) is 23.2 Å². The standard InChI is InChI=1S/C15H22N2O4/c1-3-11(6-10-4-5-10)17-15(20)16-8-12-7-13(14(18)19)9(2)21-12/h7,10-11H,3-6,8H2,1-2H3,(H,18,19)(H2,16,17,20). The van der Waals surface area contributed by atoms with Crippen LogP contribution in [0.1, 0.15) is 54.5 Å². The Bertz CT molecular complexity index is 520. The smallest absolute Gasteiger partial charge is 0.339 e. The SMILES string of the molecule is CCC(CC1CC1)NC(=O)NCc1cc(C(=O)O)c(C)o1. The van der Waals surface area contributed by atoms with E-state index in [1.54, 1.807) is 6.92 Å². The van der Waals surface area contributed by atoms with Crippen molar-refractivity contribution in [3.63, 3.8) is 0 Å². The summed E-state index contributed by atoms with van der Waals surface area (Å²) in [6.45, 7) is 3.83. The van der Waals surface area contributed by atoms with Gasteiger partial charge in [0.2, 0.25) is 0 Å². The summed E-state index contributed by atoms with van der Waals surface area (Å²) in [5.41, 5.74) is 0.132. The molecule has 1 heterocycles. The van der Waals surface area contributed by atoms with Gasteiger partial charge in [0, 0.05) is 6.04 Å². The van der Waals surface area contributed by atoms with E-state index in [2.05, 4.69) is 17.6 Å². The molecule has 1 aliphatic rings. The summed E-state index contributed by atoms with van der Waals surface area (Å²) in [7, 11) is 0. The maximum Gasteiger partial charge on any atom is 0.339 e. The molecule has 6 nitrogen and oxygen atoms in total. The number of aryl methyl sites for hydroxylation is 1. The molecule has 3 N–H and O–H groups in total. The highest BCUT2D eigenvalue weighted by atomic mass is 16.4. The van der Waals surface area contributed by atoms with Crippen molar-refractivity contribution < 1.29 is 19.1 Å². The second-order valence-corrected chi connectivity index (χ2v) is 5.60. The number of hydrogen-bond donors (Lipinski definition) is 3. The van der Waals surface area contributed by atoms with Crippen LogP contribution in [0.25, 0.3) is 0 Å². The number of amides is 2. The molecule has 116 valence electrons. The third-order valence-corrected chi connectivity index (χ3v) is 3.77. The monoisotopic (exact) mass is 294 g/mol. The topological polar surface area (TPSA) is 91.6 Å². The van der Waals surface area contributed by atoms with Gasteiger partial charge in [0.25, 0.3) is 0 Å². The third-order valence-electron chi connectivity index (χ3n) is 3.77. The number of carboxylic acids is 1. The van der Waals surface area contributed by atoms with Crippen molar-refractivity contribution in [2.45, 2.75) is 52.1 Å². The number of carbonyl (C=O) groups is 2. The third kappa shape index (κ3) is 4.51. The van der Waals surface area contributed by atoms with Gasteiger partial charge in [-0.2, -0.15) is 0 Å². The van der Waals surface area contributed by atoms with Crippen LogP contribution in [0, 0.1) is 12.8 Å². The van der Waals surface area contributed by atoms with Crippen LogP contribution in [-0.2, 0) is 6.54 Å². The Morgan fingerprint density at radius 3 is 2.71 bits per heavy atom. The Labute approximate surface area is 123 Å². The molecule has 21 heavy (non-hydrogen) atoms. The zero-order chi connectivity index (χ0) is 15.4. The molecule has 1 aliphatic carbocycles. The molecule has 1 unspecified atom stereocenters. The highest BCUT2D eigenvalue weighted by Crippen LogP contribution is 2.33. The molecule has 6 heteroatoms. The lowest BCUT2D eigenvalue weighted by atomic mass is 10.1. The molecule has 0 aromatic carbocycles. The van der Waals surface area contributed by atoms with Gasteiger partial charge in [0.1, 0.15) is 17.1 Å². The molecule has 1 saturated carbocycles. The van der Waals surface area contributed by atoms with Crippen LogP contribution in [0.15, 0.2) is 10.5 Å². The van der Waals surface area contributed by atoms with Crippen molar-refractivity contribution >= 4 is 12.0 Å². The van der Waals surface area contributed by atoms with Crippen molar-refractivity contribution in [3.8, 4) is 0 Å². The normalized spacial score (nSPS) is 15.5. The van der Waals surface area contributed by atoms with Gasteiger partial charge in [-0.15, -0.1) is 0 Å². The number of rotatable bonds is 7. The number of urea groups is 1. The van der Waals surface area contributed by atoms with E-state index in [-0.39, 0.29) is 24.2 Å². The molecule has 1 aromatic heterocycles. The Kier molecular flexibility index (Phi) is 4.88. The maximum atomic E-state index is 11.8. The second kappa shape index (κ2) is 6.65. The summed E-state index contributed by atoms with van der Waals surface area (Å²) in [4.78, 5) is 22.7. The molecule has 2 rings (SSSR count). The molecule has 2 amide bonds. The van der Waals surface area contributed by atoms with Crippen LogP contribution in [0.3, 0.4) is 0 Å². The van der Waals surface area contributed by atoms with Crippen LogP contribution < -0.4 is 10.6 Å². The number of nitrogens with one attached hydrogen (secondary N) is 2. The Hall–Kier alpha value is -1.98. The zero-order valence-electron chi connectivity index (χ0n) is 12.4. The quantitative estimate of drug-likeness (QED) is 0.721. The average molecular weight is 294 g/mol. The van der Waals surface area contributed by atoms with Crippen LogP contribution in [0.5, 0.6) is 0 Å². The Morgan fingerprint density at radius 2 is 2.19 bits per heavy atom. The summed E-state index contributed by atoms with van der Waals surface area (Å²) in [6.07, 6.45) is 4.48. The van der Waals surface area contributed by atoms with Gasteiger partial charge in [-0.25, -0.2) is 9.59 Å². The first-order valence-corrected chi connectivity index (χ1v) is 7.36. The van der Waals surface area contributed by atoms with E-state index < -0.39 is 5.97 Å². The molecule has 1 atom stereocenters. The average Bonchev–Trinajstić information content (AvgIpc) is 3.16. The fourth-order valence-electron chi connectivity index (χ4n) is 2.33. The maximum absolute atomic E-state index is 11.8. The van der Waals surface area contributed by atoms with Crippen LogP contribution in [0.2, 0.25) is 0 Å². The number of carboxylic acid groups (broad SMARTS) is 1. The minimum Gasteiger partial charge on any atom is -0.478 e. The van der Waals surface area contributed by atoms with Gasteiger partial charge < -0.3 is 20.2 Å². The van der Waals surface area contributed by atoms with E-state index in [4.69, 9.17) is 9.52 Å². The Morgan fingerprint density at radius 1 is 1.48 bits per heavy atom. The van der Waals surface area contributed by atoms with Crippen molar-refractivity contribution in [1.29, 1.82) is 0 Å². The molecule has 1 fully saturated rings. The molecule has 0 saturated heterocycles. The van der Waals surface area contributed by atoms with E-state index >= 15 is 0 Å². The summed E-state index contributed by atoms with van der Waals surface area (Å²) >= 11 is 0. The number of aromatic carboxylic acids is 1. The molecule has 1 aromatic rings. The highest BCUT2D eigenvalue weighted by molar-refractivity contribution is 5.88. The minimum atomic E-state index is -1.03. The van der Waals surface area contributed by atoms with E-state index in [1.165, 1.54) is 18.9 Å². The summed E-state index contributed by atoms with van der Waals surface area (Å²) in [5.74, 6) is 0.527. The molecular weight excluding hydrogens is 272 g/mol. The van der Waals surface area contributed by atoms with Crippen LogP contribution in [-0.4, -0.2) is 23.1 Å². The summed E-state index contributed by atoms with van der Waals surface area (Å²) < 4.78 is 5.31. The first kappa shape index (κ1) is 15.4. The molecule has 0 bridgehead atoms. The molecule has 0 radical (unpaired) electrons. The lowest BCUT2D eigenvalue weighted by Gasteiger charge is -2.16. The lowest BCUT2D eigenvalue weighted by Crippen LogP contribution is -2.41. The van der Waals surface area contributed by atoms with E-state index in [0.717, 1.165) is 18.8 Å². The number of furan rings is 1. The summed E-state index contributed by atoms with van der Waals surface area (Å²) in [5, 5.41) is 14.6. The fourth-order valence-corrected chi connectivity index (χ4v) is 2.33. The van der Waals surface area contributed by atoms with E-state index in [0.29, 0.717) is 11.5 Å². The van der Waals surface area contributed by atoms with E-state index in [1.807, 2.05) is 0 Å². The second-order valence-electron chi connectivity index (χ2n) is 5.60. The largest absolute Gasteiger partial charge is 0.478 e. The van der Waals surface area contributed by atoms with Gasteiger partial charge >= 0.3 is 12.0 Å². The lowest BCUT2D eigenvalue weighted by molar-refractivity contribution is 0.0695. The highest BCUT2D eigenvalue weighted by Gasteiger charge is 2.25. The van der Waals surface area contributed by atoms with Crippen LogP contribution >= 0.6 is 0 Å². The first-order valence-electron chi connectivity index (χ1n) is 7.36. The molecule has 0 aliphatic heterocycles. The van der Waals surface area contributed by atoms with Crippen LogP contribution in [0.4, 0.5) is 4.79 Å². The predicted octanol–water partition coefficient (Wildman–Crippen LogP) is 2.66. The molecular formula is C15H22N2O4. The van der Waals surface area contributed by atoms with Gasteiger partial charge in [-0.3, -0.25) is 0 Å². The Balaban J connectivity index is 1.79. The first-order chi connectivity index (χ1) is 9.99.